The monoisotopic (exact) mass is 404 g/mol. The SMILES string of the molecule is CC1CCCCN1Cc1cccc(NC(=O)CCn2cnc3ccccc3c2=O)c1. The van der Waals surface area contributed by atoms with Crippen LogP contribution in [0.2, 0.25) is 0 Å². The summed E-state index contributed by atoms with van der Waals surface area (Å²) in [7, 11) is 0. The van der Waals surface area contributed by atoms with Crippen LogP contribution in [-0.4, -0.2) is 32.9 Å². The third-order valence-electron chi connectivity index (χ3n) is 5.85. The number of nitrogens with one attached hydrogen (secondary N) is 1. The molecule has 1 N–H and O–H groups in total. The predicted molar refractivity (Wildman–Crippen MR) is 119 cm³/mol. The smallest absolute Gasteiger partial charge is 0.261 e. The summed E-state index contributed by atoms with van der Waals surface area (Å²) in [6.45, 7) is 4.62. The molecule has 30 heavy (non-hydrogen) atoms. The van der Waals surface area contributed by atoms with Crippen LogP contribution in [0, 0.1) is 0 Å². The van der Waals surface area contributed by atoms with Gasteiger partial charge in [-0.1, -0.05) is 30.7 Å². The molecule has 156 valence electrons. The van der Waals surface area contributed by atoms with E-state index in [4.69, 9.17) is 0 Å². The first-order chi connectivity index (χ1) is 14.6. The second kappa shape index (κ2) is 9.22. The number of hydrogen-bond donors (Lipinski definition) is 1. The quantitative estimate of drug-likeness (QED) is 0.679. The van der Waals surface area contributed by atoms with Crippen LogP contribution in [0.15, 0.2) is 59.7 Å². The average molecular weight is 405 g/mol. The number of likely N-dealkylation sites (tertiary alicyclic amines) is 1. The van der Waals surface area contributed by atoms with Gasteiger partial charge in [0.1, 0.15) is 0 Å². The number of amides is 1. The molecule has 1 atom stereocenters. The number of nitrogens with zero attached hydrogens (tertiary/aromatic N) is 3. The van der Waals surface area contributed by atoms with Crippen molar-refractivity contribution < 1.29 is 4.79 Å². The van der Waals surface area contributed by atoms with E-state index in [0.717, 1.165) is 18.8 Å². The molecule has 1 aliphatic rings. The van der Waals surface area contributed by atoms with E-state index < -0.39 is 0 Å². The van der Waals surface area contributed by atoms with Gasteiger partial charge in [-0.3, -0.25) is 19.1 Å². The van der Waals surface area contributed by atoms with Crippen LogP contribution in [0.5, 0.6) is 0 Å². The highest BCUT2D eigenvalue weighted by molar-refractivity contribution is 5.90. The fourth-order valence-electron chi connectivity index (χ4n) is 4.09. The molecule has 1 saturated heterocycles. The van der Waals surface area contributed by atoms with Crippen molar-refractivity contribution in [1.82, 2.24) is 14.5 Å². The van der Waals surface area contributed by atoms with E-state index in [1.807, 2.05) is 36.4 Å². The minimum Gasteiger partial charge on any atom is -0.326 e. The van der Waals surface area contributed by atoms with E-state index in [-0.39, 0.29) is 17.9 Å². The Morgan fingerprint density at radius 1 is 1.17 bits per heavy atom. The van der Waals surface area contributed by atoms with Crippen molar-refractivity contribution in [3.63, 3.8) is 0 Å². The van der Waals surface area contributed by atoms with Crippen molar-refractivity contribution >= 4 is 22.5 Å². The number of carbonyl (C=O) groups is 1. The highest BCUT2D eigenvalue weighted by atomic mass is 16.2. The third kappa shape index (κ3) is 4.76. The Bertz CT molecular complexity index is 1090. The molecular weight excluding hydrogens is 376 g/mol. The van der Waals surface area contributed by atoms with Gasteiger partial charge >= 0.3 is 0 Å². The molecule has 4 rings (SSSR count). The summed E-state index contributed by atoms with van der Waals surface area (Å²) in [5.74, 6) is -0.112. The Balaban J connectivity index is 1.36. The predicted octanol–water partition coefficient (Wildman–Crippen LogP) is 3.80. The average Bonchev–Trinajstić information content (AvgIpc) is 2.75. The maximum atomic E-state index is 12.5. The summed E-state index contributed by atoms with van der Waals surface area (Å²) in [5.41, 5.74) is 2.55. The van der Waals surface area contributed by atoms with Gasteiger partial charge in [0.2, 0.25) is 5.91 Å². The number of aryl methyl sites for hydroxylation is 1. The number of para-hydroxylation sites is 1. The number of benzene rings is 2. The van der Waals surface area contributed by atoms with Gasteiger partial charge in [0.15, 0.2) is 0 Å². The van der Waals surface area contributed by atoms with Crippen LogP contribution in [0.25, 0.3) is 10.9 Å². The third-order valence-corrected chi connectivity index (χ3v) is 5.85. The largest absolute Gasteiger partial charge is 0.326 e. The van der Waals surface area contributed by atoms with Crippen molar-refractivity contribution in [2.24, 2.45) is 0 Å². The number of aromatic nitrogens is 2. The summed E-state index contributed by atoms with van der Waals surface area (Å²) in [5, 5.41) is 3.53. The number of fused-ring (bicyclic) bond motifs is 1. The zero-order valence-electron chi connectivity index (χ0n) is 17.4. The van der Waals surface area contributed by atoms with Gasteiger partial charge in [0, 0.05) is 31.2 Å². The molecule has 0 bridgehead atoms. The fraction of sp³-hybridized carbons (Fsp3) is 0.375. The first kappa shape index (κ1) is 20.3. The molecule has 0 radical (unpaired) electrons. The van der Waals surface area contributed by atoms with Crippen LogP contribution < -0.4 is 10.9 Å². The standard InChI is InChI=1S/C24H28N4O2/c1-18-7-4-5-13-27(18)16-19-8-6-9-20(15-19)26-23(29)12-14-28-17-25-22-11-3-2-10-21(22)24(28)30/h2-3,6,8-11,15,17-18H,4-5,7,12-14,16H2,1H3,(H,26,29). The van der Waals surface area contributed by atoms with Crippen molar-refractivity contribution in [2.75, 3.05) is 11.9 Å². The molecule has 1 unspecified atom stereocenters. The molecule has 0 aliphatic carbocycles. The summed E-state index contributed by atoms with van der Waals surface area (Å²) in [6.07, 6.45) is 5.54. The maximum Gasteiger partial charge on any atom is 0.261 e. The molecule has 1 amide bonds. The van der Waals surface area contributed by atoms with Gasteiger partial charge in [-0.2, -0.15) is 0 Å². The molecular formula is C24H28N4O2. The van der Waals surface area contributed by atoms with E-state index in [9.17, 15) is 9.59 Å². The maximum absolute atomic E-state index is 12.5. The van der Waals surface area contributed by atoms with E-state index in [1.54, 1.807) is 6.07 Å². The van der Waals surface area contributed by atoms with E-state index in [0.29, 0.717) is 23.5 Å². The Morgan fingerprint density at radius 2 is 2.03 bits per heavy atom. The van der Waals surface area contributed by atoms with Crippen LogP contribution in [0.3, 0.4) is 0 Å². The minimum absolute atomic E-state index is 0.112. The summed E-state index contributed by atoms with van der Waals surface area (Å²) in [6, 6.07) is 15.9. The van der Waals surface area contributed by atoms with Crippen LogP contribution in [0.1, 0.15) is 38.2 Å². The highest BCUT2D eigenvalue weighted by Crippen LogP contribution is 2.20. The molecule has 2 aromatic carbocycles. The van der Waals surface area contributed by atoms with Crippen molar-refractivity contribution in [3.05, 3.63) is 70.8 Å². The molecule has 6 nitrogen and oxygen atoms in total. The Morgan fingerprint density at radius 3 is 2.90 bits per heavy atom. The molecule has 6 heteroatoms. The molecule has 2 heterocycles. The van der Waals surface area contributed by atoms with Crippen molar-refractivity contribution in [2.45, 2.75) is 51.7 Å². The van der Waals surface area contributed by atoms with Gasteiger partial charge in [-0.05, 0) is 56.1 Å². The second-order valence-electron chi connectivity index (χ2n) is 8.07. The lowest BCUT2D eigenvalue weighted by Gasteiger charge is -2.33. The van der Waals surface area contributed by atoms with Crippen LogP contribution in [0.4, 0.5) is 5.69 Å². The Hall–Kier alpha value is -2.99. The summed E-state index contributed by atoms with van der Waals surface area (Å²) >= 11 is 0. The van der Waals surface area contributed by atoms with Crippen LogP contribution in [-0.2, 0) is 17.9 Å². The molecule has 0 spiro atoms. The first-order valence-corrected chi connectivity index (χ1v) is 10.7. The van der Waals surface area contributed by atoms with Crippen molar-refractivity contribution in [3.8, 4) is 0 Å². The molecule has 1 aliphatic heterocycles. The zero-order valence-corrected chi connectivity index (χ0v) is 17.4. The summed E-state index contributed by atoms with van der Waals surface area (Å²) in [4.78, 5) is 31.8. The van der Waals surface area contributed by atoms with Gasteiger partial charge in [0.25, 0.3) is 5.56 Å². The normalized spacial score (nSPS) is 17.2. The lowest BCUT2D eigenvalue weighted by Crippen LogP contribution is -2.36. The second-order valence-corrected chi connectivity index (χ2v) is 8.07. The van der Waals surface area contributed by atoms with Gasteiger partial charge in [-0.15, -0.1) is 0 Å². The zero-order chi connectivity index (χ0) is 20.9. The Kier molecular flexibility index (Phi) is 6.23. The Labute approximate surface area is 176 Å². The number of rotatable bonds is 6. The van der Waals surface area contributed by atoms with Crippen molar-refractivity contribution in [1.29, 1.82) is 0 Å². The van der Waals surface area contributed by atoms with E-state index in [2.05, 4.69) is 28.2 Å². The number of anilines is 1. The topological polar surface area (TPSA) is 67.2 Å². The lowest BCUT2D eigenvalue weighted by atomic mass is 10.0. The lowest BCUT2D eigenvalue weighted by molar-refractivity contribution is -0.116. The highest BCUT2D eigenvalue weighted by Gasteiger charge is 2.18. The molecule has 3 aromatic rings. The molecule has 1 aromatic heterocycles. The van der Waals surface area contributed by atoms with E-state index >= 15 is 0 Å². The minimum atomic E-state index is -0.119. The first-order valence-electron chi connectivity index (χ1n) is 10.7. The van der Waals surface area contributed by atoms with Crippen LogP contribution >= 0.6 is 0 Å². The fourth-order valence-corrected chi connectivity index (χ4v) is 4.09. The van der Waals surface area contributed by atoms with Gasteiger partial charge < -0.3 is 5.32 Å². The molecule has 0 saturated carbocycles. The van der Waals surface area contributed by atoms with E-state index in [1.165, 1.54) is 35.7 Å². The number of piperidine rings is 1. The molecule has 1 fully saturated rings. The number of hydrogen-bond acceptors (Lipinski definition) is 4. The van der Waals surface area contributed by atoms with Gasteiger partial charge in [-0.25, -0.2) is 4.98 Å². The summed E-state index contributed by atoms with van der Waals surface area (Å²) < 4.78 is 1.50. The van der Waals surface area contributed by atoms with Gasteiger partial charge in [0.05, 0.1) is 17.2 Å². The number of carbonyl (C=O) groups excluding carboxylic acids is 1.